The van der Waals surface area contributed by atoms with Crippen LogP contribution < -0.4 is 10.1 Å². The van der Waals surface area contributed by atoms with Gasteiger partial charge in [-0.15, -0.1) is 11.8 Å². The summed E-state index contributed by atoms with van der Waals surface area (Å²) in [5.74, 6) is -0.408. The fourth-order valence-electron chi connectivity index (χ4n) is 2.07. The fourth-order valence-corrected chi connectivity index (χ4v) is 2.66. The minimum absolute atomic E-state index is 0.422. The van der Waals surface area contributed by atoms with Crippen LogP contribution in [0.25, 0.3) is 0 Å². The molecule has 5 nitrogen and oxygen atoms in total. The molecule has 1 amide bonds. The van der Waals surface area contributed by atoms with Gasteiger partial charge in [0.1, 0.15) is 5.75 Å². The lowest BCUT2D eigenvalue weighted by Gasteiger charge is -2.15. The molecule has 0 unspecified atom stereocenters. The van der Waals surface area contributed by atoms with Gasteiger partial charge in [0, 0.05) is 4.90 Å². The molecule has 0 heterocycles. The number of para-hydroxylation sites is 2. The Hall–Kier alpha value is -2.47. The van der Waals surface area contributed by atoms with E-state index >= 15 is 0 Å². The summed E-state index contributed by atoms with van der Waals surface area (Å²) in [6, 6.07) is 14.2. The van der Waals surface area contributed by atoms with Crippen molar-refractivity contribution in [2.24, 2.45) is 0 Å². The number of anilines is 1. The van der Waals surface area contributed by atoms with Gasteiger partial charge < -0.3 is 14.8 Å². The average molecular weight is 345 g/mol. The third kappa shape index (κ3) is 4.29. The molecule has 0 aromatic heterocycles. The molecule has 0 aliphatic rings. The highest BCUT2D eigenvalue weighted by Gasteiger charge is 2.21. The number of ether oxygens (including phenoxy) is 2. The summed E-state index contributed by atoms with van der Waals surface area (Å²) in [5.41, 5.74) is 0.972. The van der Waals surface area contributed by atoms with E-state index in [-0.39, 0.29) is 0 Å². The summed E-state index contributed by atoms with van der Waals surface area (Å²) in [6.45, 7) is 1.53. The maximum Gasteiger partial charge on any atom is 0.340 e. The van der Waals surface area contributed by atoms with Crippen molar-refractivity contribution < 1.29 is 19.1 Å². The molecule has 0 spiro atoms. The molecule has 1 N–H and O–H groups in total. The SMILES string of the molecule is COc1ccccc1NC(=O)[C@@H](C)OC(=O)c1ccccc1SC. The molecule has 126 valence electrons. The largest absolute Gasteiger partial charge is 0.495 e. The minimum atomic E-state index is -0.933. The summed E-state index contributed by atoms with van der Waals surface area (Å²) in [6.07, 6.45) is 0.946. The van der Waals surface area contributed by atoms with Gasteiger partial charge in [0.2, 0.25) is 0 Å². The molecule has 2 aromatic rings. The molecule has 2 rings (SSSR count). The highest BCUT2D eigenvalue weighted by atomic mass is 32.2. The second kappa shape index (κ2) is 8.40. The van der Waals surface area contributed by atoms with Gasteiger partial charge in [0.05, 0.1) is 18.4 Å². The average Bonchev–Trinajstić information content (AvgIpc) is 2.61. The van der Waals surface area contributed by atoms with E-state index in [1.807, 2.05) is 18.4 Å². The van der Waals surface area contributed by atoms with Crippen molar-refractivity contribution >= 4 is 29.3 Å². The van der Waals surface area contributed by atoms with Crippen LogP contribution in [0.3, 0.4) is 0 Å². The Kier molecular flexibility index (Phi) is 6.26. The fraction of sp³-hybridized carbons (Fsp3) is 0.222. The summed E-state index contributed by atoms with van der Waals surface area (Å²) < 4.78 is 10.5. The molecule has 0 radical (unpaired) electrons. The Morgan fingerprint density at radius 1 is 1.08 bits per heavy atom. The van der Waals surface area contributed by atoms with Gasteiger partial charge in [0.15, 0.2) is 6.10 Å². The third-order valence-electron chi connectivity index (χ3n) is 3.34. The number of hydrogen-bond donors (Lipinski definition) is 1. The molecule has 0 saturated heterocycles. The van der Waals surface area contributed by atoms with Gasteiger partial charge in [-0.2, -0.15) is 0 Å². The summed E-state index contributed by atoms with van der Waals surface area (Å²) in [4.78, 5) is 25.3. The molecule has 24 heavy (non-hydrogen) atoms. The maximum absolute atomic E-state index is 12.3. The number of carbonyl (C=O) groups is 2. The number of amides is 1. The lowest BCUT2D eigenvalue weighted by molar-refractivity contribution is -0.123. The van der Waals surface area contributed by atoms with Crippen LogP contribution in [0.15, 0.2) is 53.4 Å². The normalized spacial score (nSPS) is 11.5. The first kappa shape index (κ1) is 17.9. The number of thioether (sulfide) groups is 1. The van der Waals surface area contributed by atoms with Crippen LogP contribution in [0.2, 0.25) is 0 Å². The number of esters is 1. The molecule has 0 saturated carbocycles. The topological polar surface area (TPSA) is 64.6 Å². The number of carbonyl (C=O) groups excluding carboxylic acids is 2. The first-order valence-corrected chi connectivity index (χ1v) is 8.57. The molecule has 1 atom stereocenters. The first-order valence-electron chi connectivity index (χ1n) is 7.34. The molecule has 6 heteroatoms. The smallest absolute Gasteiger partial charge is 0.340 e. The van der Waals surface area contributed by atoms with E-state index in [0.29, 0.717) is 17.0 Å². The predicted octanol–water partition coefficient (Wildman–Crippen LogP) is 3.60. The monoisotopic (exact) mass is 345 g/mol. The van der Waals surface area contributed by atoms with Crippen LogP contribution in [0.1, 0.15) is 17.3 Å². The van der Waals surface area contributed by atoms with Gasteiger partial charge in [-0.1, -0.05) is 24.3 Å². The molecular weight excluding hydrogens is 326 g/mol. The highest BCUT2D eigenvalue weighted by molar-refractivity contribution is 7.98. The molecule has 0 fully saturated rings. The zero-order valence-electron chi connectivity index (χ0n) is 13.7. The minimum Gasteiger partial charge on any atom is -0.495 e. The van der Waals surface area contributed by atoms with E-state index in [0.717, 1.165) is 4.90 Å². The molecule has 0 aliphatic heterocycles. The van der Waals surface area contributed by atoms with Crippen molar-refractivity contribution in [3.05, 3.63) is 54.1 Å². The first-order chi connectivity index (χ1) is 11.6. The quantitative estimate of drug-likeness (QED) is 0.640. The van der Waals surface area contributed by atoms with Crippen LogP contribution in [0.5, 0.6) is 5.75 Å². The molecule has 0 bridgehead atoms. The molecule has 2 aromatic carbocycles. The van der Waals surface area contributed by atoms with Gasteiger partial charge in [-0.05, 0) is 37.4 Å². The van der Waals surface area contributed by atoms with Crippen LogP contribution in [0, 0.1) is 0 Å². The second-order valence-electron chi connectivity index (χ2n) is 4.94. The summed E-state index contributed by atoms with van der Waals surface area (Å²) in [5, 5.41) is 2.70. The van der Waals surface area contributed by atoms with Crippen molar-refractivity contribution in [2.45, 2.75) is 17.9 Å². The number of rotatable bonds is 6. The molecular formula is C18H19NO4S. The number of methoxy groups -OCH3 is 1. The van der Waals surface area contributed by atoms with E-state index in [2.05, 4.69) is 5.32 Å². The zero-order valence-corrected chi connectivity index (χ0v) is 14.6. The van der Waals surface area contributed by atoms with E-state index in [1.54, 1.807) is 36.4 Å². The van der Waals surface area contributed by atoms with E-state index in [9.17, 15) is 9.59 Å². The number of hydrogen-bond acceptors (Lipinski definition) is 5. The second-order valence-corrected chi connectivity index (χ2v) is 5.79. The van der Waals surface area contributed by atoms with Crippen molar-refractivity contribution in [1.82, 2.24) is 0 Å². The highest BCUT2D eigenvalue weighted by Crippen LogP contribution is 2.24. The Labute approximate surface area is 145 Å². The number of benzene rings is 2. The summed E-state index contributed by atoms with van der Waals surface area (Å²) >= 11 is 1.45. The van der Waals surface area contributed by atoms with Gasteiger partial charge in [0.25, 0.3) is 5.91 Å². The van der Waals surface area contributed by atoms with Crippen LogP contribution in [-0.2, 0) is 9.53 Å². The van der Waals surface area contributed by atoms with E-state index < -0.39 is 18.0 Å². The Balaban J connectivity index is 2.05. The molecule has 0 aliphatic carbocycles. The predicted molar refractivity (Wildman–Crippen MR) is 94.7 cm³/mol. The maximum atomic E-state index is 12.3. The Morgan fingerprint density at radius 3 is 2.46 bits per heavy atom. The van der Waals surface area contributed by atoms with Gasteiger partial charge >= 0.3 is 5.97 Å². The zero-order chi connectivity index (χ0) is 17.5. The van der Waals surface area contributed by atoms with Crippen molar-refractivity contribution in [1.29, 1.82) is 0 Å². The van der Waals surface area contributed by atoms with E-state index in [1.165, 1.54) is 25.8 Å². The van der Waals surface area contributed by atoms with E-state index in [4.69, 9.17) is 9.47 Å². The number of nitrogens with one attached hydrogen (secondary N) is 1. The van der Waals surface area contributed by atoms with Crippen molar-refractivity contribution in [3.8, 4) is 5.75 Å². The van der Waals surface area contributed by atoms with Gasteiger partial charge in [-0.25, -0.2) is 4.79 Å². The standard InChI is InChI=1S/C18H19NO4S/c1-12(17(20)19-14-9-5-6-10-15(14)22-2)23-18(21)13-8-4-7-11-16(13)24-3/h4-12H,1-3H3,(H,19,20)/t12-/m1/s1. The third-order valence-corrected chi connectivity index (χ3v) is 4.14. The van der Waals surface area contributed by atoms with Crippen molar-refractivity contribution in [2.75, 3.05) is 18.7 Å². The Bertz CT molecular complexity index is 732. The summed E-state index contributed by atoms with van der Waals surface area (Å²) in [7, 11) is 1.52. The van der Waals surface area contributed by atoms with Crippen LogP contribution in [-0.4, -0.2) is 31.3 Å². The lowest BCUT2D eigenvalue weighted by atomic mass is 10.2. The van der Waals surface area contributed by atoms with Gasteiger partial charge in [-0.3, -0.25) is 4.79 Å². The van der Waals surface area contributed by atoms with Crippen molar-refractivity contribution in [3.63, 3.8) is 0 Å². The van der Waals surface area contributed by atoms with Crippen LogP contribution >= 0.6 is 11.8 Å². The van der Waals surface area contributed by atoms with Crippen LogP contribution in [0.4, 0.5) is 5.69 Å². The lowest BCUT2D eigenvalue weighted by Crippen LogP contribution is -2.30. The Morgan fingerprint density at radius 2 is 1.75 bits per heavy atom.